The first kappa shape index (κ1) is 14.4. The van der Waals surface area contributed by atoms with Crippen molar-refractivity contribution in [1.82, 2.24) is 0 Å². The van der Waals surface area contributed by atoms with Crippen molar-refractivity contribution in [2.24, 2.45) is 0 Å². The highest BCUT2D eigenvalue weighted by atomic mass is 16.5. The SMILES string of the molecule is Cc1ccc(OCCOc2cc(C)ccc2C)c(C)c1. The van der Waals surface area contributed by atoms with E-state index in [1.54, 1.807) is 0 Å². The van der Waals surface area contributed by atoms with Gasteiger partial charge in [0.25, 0.3) is 0 Å². The second-order valence-corrected chi connectivity index (χ2v) is 5.23. The van der Waals surface area contributed by atoms with Crippen molar-refractivity contribution in [3.05, 3.63) is 58.7 Å². The zero-order chi connectivity index (χ0) is 14.5. The monoisotopic (exact) mass is 270 g/mol. The average Bonchev–Trinajstić information content (AvgIpc) is 2.40. The molecule has 0 unspecified atom stereocenters. The molecule has 2 nitrogen and oxygen atoms in total. The van der Waals surface area contributed by atoms with Gasteiger partial charge in [-0.3, -0.25) is 0 Å². The first-order valence-electron chi connectivity index (χ1n) is 6.96. The molecule has 20 heavy (non-hydrogen) atoms. The lowest BCUT2D eigenvalue weighted by molar-refractivity contribution is 0.215. The van der Waals surface area contributed by atoms with Crippen molar-refractivity contribution in [1.29, 1.82) is 0 Å². The zero-order valence-electron chi connectivity index (χ0n) is 12.7. The quantitative estimate of drug-likeness (QED) is 0.751. The van der Waals surface area contributed by atoms with Crippen LogP contribution in [0.15, 0.2) is 36.4 Å². The van der Waals surface area contributed by atoms with Crippen molar-refractivity contribution in [3.8, 4) is 11.5 Å². The number of hydrogen-bond donors (Lipinski definition) is 0. The van der Waals surface area contributed by atoms with Gasteiger partial charge in [0.05, 0.1) is 0 Å². The van der Waals surface area contributed by atoms with Gasteiger partial charge in [0.1, 0.15) is 24.7 Å². The normalized spacial score (nSPS) is 10.4. The molecule has 0 bridgehead atoms. The van der Waals surface area contributed by atoms with Crippen molar-refractivity contribution >= 4 is 0 Å². The molecule has 0 radical (unpaired) electrons. The van der Waals surface area contributed by atoms with E-state index in [0.29, 0.717) is 13.2 Å². The number of ether oxygens (including phenoxy) is 2. The lowest BCUT2D eigenvalue weighted by Crippen LogP contribution is -2.10. The molecular weight excluding hydrogens is 248 g/mol. The number of hydrogen-bond acceptors (Lipinski definition) is 2. The van der Waals surface area contributed by atoms with Crippen molar-refractivity contribution < 1.29 is 9.47 Å². The summed E-state index contributed by atoms with van der Waals surface area (Å²) in [6.07, 6.45) is 0. The van der Waals surface area contributed by atoms with Gasteiger partial charge in [0.2, 0.25) is 0 Å². The average molecular weight is 270 g/mol. The second kappa shape index (κ2) is 6.47. The standard InChI is InChI=1S/C18H22O2/c1-13-6-8-17(16(4)11-13)19-9-10-20-18-12-14(2)5-7-15(18)3/h5-8,11-12H,9-10H2,1-4H3. The highest BCUT2D eigenvalue weighted by Crippen LogP contribution is 2.20. The summed E-state index contributed by atoms with van der Waals surface area (Å²) in [5, 5.41) is 0. The summed E-state index contributed by atoms with van der Waals surface area (Å²) in [6.45, 7) is 9.38. The van der Waals surface area contributed by atoms with E-state index in [4.69, 9.17) is 9.47 Å². The smallest absolute Gasteiger partial charge is 0.122 e. The van der Waals surface area contributed by atoms with Crippen LogP contribution in [0.5, 0.6) is 11.5 Å². The summed E-state index contributed by atoms with van der Waals surface area (Å²) >= 11 is 0. The van der Waals surface area contributed by atoms with Gasteiger partial charge in [-0.15, -0.1) is 0 Å². The van der Waals surface area contributed by atoms with E-state index in [2.05, 4.69) is 58.0 Å². The molecule has 0 atom stereocenters. The molecule has 2 rings (SSSR count). The maximum atomic E-state index is 5.78. The van der Waals surface area contributed by atoms with Crippen molar-refractivity contribution in [3.63, 3.8) is 0 Å². The first-order valence-corrected chi connectivity index (χ1v) is 6.96. The molecule has 0 aromatic heterocycles. The van der Waals surface area contributed by atoms with Crippen LogP contribution >= 0.6 is 0 Å². The fourth-order valence-corrected chi connectivity index (χ4v) is 2.13. The van der Waals surface area contributed by atoms with Gasteiger partial charge in [-0.2, -0.15) is 0 Å². The Morgan fingerprint density at radius 3 is 1.95 bits per heavy atom. The third kappa shape index (κ3) is 3.77. The summed E-state index contributed by atoms with van der Waals surface area (Å²) in [5.41, 5.74) is 4.78. The van der Waals surface area contributed by atoms with E-state index in [1.165, 1.54) is 11.1 Å². The summed E-state index contributed by atoms with van der Waals surface area (Å²) < 4.78 is 11.5. The van der Waals surface area contributed by atoms with Gasteiger partial charge in [-0.25, -0.2) is 0 Å². The Kier molecular flexibility index (Phi) is 4.67. The molecule has 0 saturated heterocycles. The Labute approximate surface area is 121 Å². The molecule has 106 valence electrons. The maximum absolute atomic E-state index is 5.78. The Balaban J connectivity index is 1.86. The highest BCUT2D eigenvalue weighted by molar-refractivity contribution is 5.36. The minimum atomic E-state index is 0.553. The Hall–Kier alpha value is -1.96. The van der Waals surface area contributed by atoms with Crippen molar-refractivity contribution in [2.45, 2.75) is 27.7 Å². The van der Waals surface area contributed by atoms with Crippen LogP contribution < -0.4 is 9.47 Å². The number of aryl methyl sites for hydroxylation is 4. The molecule has 0 fully saturated rings. The van der Waals surface area contributed by atoms with E-state index in [-0.39, 0.29) is 0 Å². The molecule has 0 aliphatic rings. The predicted molar refractivity (Wildman–Crippen MR) is 82.8 cm³/mol. The van der Waals surface area contributed by atoms with Crippen molar-refractivity contribution in [2.75, 3.05) is 13.2 Å². The third-order valence-corrected chi connectivity index (χ3v) is 3.27. The van der Waals surface area contributed by atoms with Gasteiger partial charge in [-0.05, 0) is 56.5 Å². The van der Waals surface area contributed by atoms with E-state index in [1.807, 2.05) is 6.07 Å². The number of benzene rings is 2. The molecule has 2 aromatic carbocycles. The van der Waals surface area contributed by atoms with Gasteiger partial charge in [-0.1, -0.05) is 29.8 Å². The maximum Gasteiger partial charge on any atom is 0.122 e. The molecule has 0 amide bonds. The molecule has 0 heterocycles. The van der Waals surface area contributed by atoms with Crippen LogP contribution in [0.25, 0.3) is 0 Å². The van der Waals surface area contributed by atoms with Crippen LogP contribution in [0.3, 0.4) is 0 Å². The topological polar surface area (TPSA) is 18.5 Å². The molecule has 2 aromatic rings. The van der Waals surface area contributed by atoms with Crippen LogP contribution in [-0.4, -0.2) is 13.2 Å². The Morgan fingerprint density at radius 2 is 1.25 bits per heavy atom. The van der Waals surface area contributed by atoms with Gasteiger partial charge in [0.15, 0.2) is 0 Å². The molecule has 0 N–H and O–H groups in total. The van der Waals surface area contributed by atoms with Crippen LogP contribution in [0.1, 0.15) is 22.3 Å². The molecule has 0 spiro atoms. The fraction of sp³-hybridized carbons (Fsp3) is 0.333. The second-order valence-electron chi connectivity index (χ2n) is 5.23. The van der Waals surface area contributed by atoms with Gasteiger partial charge >= 0.3 is 0 Å². The molecular formula is C18H22O2. The third-order valence-electron chi connectivity index (χ3n) is 3.27. The van der Waals surface area contributed by atoms with Crippen LogP contribution in [0, 0.1) is 27.7 Å². The highest BCUT2D eigenvalue weighted by Gasteiger charge is 2.02. The van der Waals surface area contributed by atoms with E-state index >= 15 is 0 Å². The summed E-state index contributed by atoms with van der Waals surface area (Å²) in [7, 11) is 0. The predicted octanol–water partition coefficient (Wildman–Crippen LogP) is 4.38. The van der Waals surface area contributed by atoms with Gasteiger partial charge < -0.3 is 9.47 Å². The Morgan fingerprint density at radius 1 is 0.650 bits per heavy atom. The lowest BCUT2D eigenvalue weighted by Gasteiger charge is -2.12. The van der Waals surface area contributed by atoms with Gasteiger partial charge in [0, 0.05) is 0 Å². The van der Waals surface area contributed by atoms with E-state index in [9.17, 15) is 0 Å². The van der Waals surface area contributed by atoms with Crippen LogP contribution in [0.2, 0.25) is 0 Å². The minimum absolute atomic E-state index is 0.553. The van der Waals surface area contributed by atoms with Crippen LogP contribution in [0.4, 0.5) is 0 Å². The first-order chi connectivity index (χ1) is 9.56. The summed E-state index contributed by atoms with van der Waals surface area (Å²) in [4.78, 5) is 0. The summed E-state index contributed by atoms with van der Waals surface area (Å²) in [5.74, 6) is 1.87. The molecule has 0 saturated carbocycles. The fourth-order valence-electron chi connectivity index (χ4n) is 2.13. The van der Waals surface area contributed by atoms with E-state index < -0.39 is 0 Å². The minimum Gasteiger partial charge on any atom is -0.490 e. The molecule has 0 aliphatic heterocycles. The largest absolute Gasteiger partial charge is 0.490 e. The number of rotatable bonds is 5. The molecule has 0 aliphatic carbocycles. The van der Waals surface area contributed by atoms with E-state index in [0.717, 1.165) is 22.6 Å². The molecule has 2 heteroatoms. The lowest BCUT2D eigenvalue weighted by atomic mass is 10.1. The Bertz CT molecular complexity index is 588. The zero-order valence-corrected chi connectivity index (χ0v) is 12.7. The van der Waals surface area contributed by atoms with Crippen LogP contribution in [-0.2, 0) is 0 Å². The summed E-state index contributed by atoms with van der Waals surface area (Å²) in [6, 6.07) is 12.4.